The van der Waals surface area contributed by atoms with Crippen LogP contribution >= 0.6 is 34.3 Å². The fourth-order valence-electron chi connectivity index (χ4n) is 2.91. The molecule has 1 fully saturated rings. The highest BCUT2D eigenvalue weighted by Gasteiger charge is 2.21. The highest BCUT2D eigenvalue weighted by atomic mass is 35.5. The fourth-order valence-corrected chi connectivity index (χ4v) is 4.68. The van der Waals surface area contributed by atoms with Crippen molar-refractivity contribution >= 4 is 46.1 Å². The van der Waals surface area contributed by atoms with Crippen molar-refractivity contribution in [3.05, 3.63) is 43.7 Å². The number of amides is 2. The number of hydrogen-bond acceptors (Lipinski definition) is 5. The van der Waals surface area contributed by atoms with E-state index in [-0.39, 0.29) is 11.8 Å². The SMILES string of the molecule is O=C(NCCCC(=O)N1CCN(Cc2ccc(Cl)s2)CC1)c1cccs1. The predicted molar refractivity (Wildman–Crippen MR) is 107 cm³/mol. The number of nitrogens with zero attached hydrogens (tertiary/aromatic N) is 2. The topological polar surface area (TPSA) is 52.7 Å². The van der Waals surface area contributed by atoms with Gasteiger partial charge in [0.05, 0.1) is 9.21 Å². The Bertz CT molecular complexity index is 725. The first-order valence-electron chi connectivity index (χ1n) is 8.68. The highest BCUT2D eigenvalue weighted by molar-refractivity contribution is 7.16. The Hall–Kier alpha value is -1.41. The number of carbonyl (C=O) groups is 2. The second kappa shape index (κ2) is 9.50. The van der Waals surface area contributed by atoms with Gasteiger partial charge in [0.1, 0.15) is 0 Å². The van der Waals surface area contributed by atoms with E-state index in [9.17, 15) is 9.59 Å². The van der Waals surface area contributed by atoms with E-state index in [0.717, 1.165) is 37.1 Å². The van der Waals surface area contributed by atoms with Crippen LogP contribution in [0, 0.1) is 0 Å². The minimum absolute atomic E-state index is 0.0604. The molecule has 0 unspecified atom stereocenters. The van der Waals surface area contributed by atoms with Crippen molar-refractivity contribution in [2.45, 2.75) is 19.4 Å². The van der Waals surface area contributed by atoms with Gasteiger partial charge in [-0.2, -0.15) is 0 Å². The van der Waals surface area contributed by atoms with E-state index < -0.39 is 0 Å². The minimum atomic E-state index is -0.0604. The van der Waals surface area contributed by atoms with Crippen LogP contribution in [0.3, 0.4) is 0 Å². The highest BCUT2D eigenvalue weighted by Crippen LogP contribution is 2.23. The molecule has 0 aromatic carbocycles. The molecule has 0 aliphatic carbocycles. The number of nitrogens with one attached hydrogen (secondary N) is 1. The molecule has 2 aromatic heterocycles. The quantitative estimate of drug-likeness (QED) is 0.711. The molecule has 1 saturated heterocycles. The second-order valence-corrected chi connectivity index (χ2v) is 8.95. The Morgan fingerprint density at radius 2 is 1.96 bits per heavy atom. The Labute approximate surface area is 166 Å². The van der Waals surface area contributed by atoms with Gasteiger partial charge in [0, 0.05) is 50.6 Å². The summed E-state index contributed by atoms with van der Waals surface area (Å²) in [5, 5.41) is 4.74. The van der Waals surface area contributed by atoms with Crippen LogP contribution in [0.15, 0.2) is 29.6 Å². The van der Waals surface area contributed by atoms with Crippen molar-refractivity contribution < 1.29 is 9.59 Å². The summed E-state index contributed by atoms with van der Waals surface area (Å²) in [6, 6.07) is 7.65. The zero-order chi connectivity index (χ0) is 18.4. The summed E-state index contributed by atoms with van der Waals surface area (Å²) in [5.74, 6) is 0.115. The van der Waals surface area contributed by atoms with Crippen LogP contribution in [-0.2, 0) is 11.3 Å². The molecule has 5 nitrogen and oxygen atoms in total. The van der Waals surface area contributed by atoms with Crippen LogP contribution in [0.5, 0.6) is 0 Å². The fraction of sp³-hybridized carbons (Fsp3) is 0.444. The van der Waals surface area contributed by atoms with E-state index in [2.05, 4.69) is 16.3 Å². The lowest BCUT2D eigenvalue weighted by Crippen LogP contribution is -2.48. The zero-order valence-corrected chi connectivity index (χ0v) is 16.8. The van der Waals surface area contributed by atoms with E-state index in [1.165, 1.54) is 16.2 Å². The van der Waals surface area contributed by atoms with Gasteiger partial charge in [-0.25, -0.2) is 0 Å². The first kappa shape index (κ1) is 19.4. The molecule has 0 spiro atoms. The van der Waals surface area contributed by atoms with Gasteiger partial charge in [0.2, 0.25) is 5.91 Å². The molecular formula is C18H22ClN3O2S2. The van der Waals surface area contributed by atoms with Gasteiger partial charge >= 0.3 is 0 Å². The number of halogens is 1. The molecule has 140 valence electrons. The smallest absolute Gasteiger partial charge is 0.261 e. The Morgan fingerprint density at radius 3 is 2.62 bits per heavy atom. The van der Waals surface area contributed by atoms with Gasteiger partial charge in [-0.1, -0.05) is 17.7 Å². The average molecular weight is 412 g/mol. The zero-order valence-electron chi connectivity index (χ0n) is 14.4. The Morgan fingerprint density at radius 1 is 1.15 bits per heavy atom. The maximum atomic E-state index is 12.3. The van der Waals surface area contributed by atoms with Crippen molar-refractivity contribution in [3.63, 3.8) is 0 Å². The van der Waals surface area contributed by atoms with Crippen LogP contribution < -0.4 is 5.32 Å². The molecule has 3 heterocycles. The molecule has 1 aliphatic heterocycles. The van der Waals surface area contributed by atoms with E-state index in [1.54, 1.807) is 17.4 Å². The maximum Gasteiger partial charge on any atom is 0.261 e. The maximum absolute atomic E-state index is 12.3. The molecular weight excluding hydrogens is 390 g/mol. The Kier molecular flexibility index (Phi) is 7.07. The third kappa shape index (κ3) is 5.54. The molecule has 2 amide bonds. The number of carbonyl (C=O) groups excluding carboxylic acids is 2. The summed E-state index contributed by atoms with van der Waals surface area (Å²) in [5.41, 5.74) is 0. The summed E-state index contributed by atoms with van der Waals surface area (Å²) in [7, 11) is 0. The summed E-state index contributed by atoms with van der Waals surface area (Å²) in [6.07, 6.45) is 1.15. The van der Waals surface area contributed by atoms with E-state index in [0.29, 0.717) is 24.3 Å². The van der Waals surface area contributed by atoms with Crippen LogP contribution in [0.4, 0.5) is 0 Å². The lowest BCUT2D eigenvalue weighted by Gasteiger charge is -2.34. The molecule has 1 N–H and O–H groups in total. The number of piperazine rings is 1. The van der Waals surface area contributed by atoms with Gasteiger partial charge in [-0.05, 0) is 30.0 Å². The molecule has 8 heteroatoms. The molecule has 0 bridgehead atoms. The second-order valence-electron chi connectivity index (χ2n) is 6.20. The van der Waals surface area contributed by atoms with Crippen LogP contribution in [0.25, 0.3) is 0 Å². The van der Waals surface area contributed by atoms with Crippen LogP contribution in [-0.4, -0.2) is 54.3 Å². The Balaban J connectivity index is 1.31. The van der Waals surface area contributed by atoms with E-state index >= 15 is 0 Å². The predicted octanol–water partition coefficient (Wildman–Crippen LogP) is 3.32. The van der Waals surface area contributed by atoms with Gasteiger partial charge in [-0.15, -0.1) is 22.7 Å². The van der Waals surface area contributed by atoms with E-state index in [1.807, 2.05) is 22.4 Å². The molecule has 0 radical (unpaired) electrons. The first-order valence-corrected chi connectivity index (χ1v) is 10.8. The molecule has 3 rings (SSSR count). The summed E-state index contributed by atoms with van der Waals surface area (Å²) < 4.78 is 0.819. The van der Waals surface area contributed by atoms with Gasteiger partial charge in [0.25, 0.3) is 5.91 Å². The first-order chi connectivity index (χ1) is 12.6. The standard InChI is InChI=1S/C18H22ClN3O2S2/c19-16-6-5-14(26-16)13-21-8-10-22(11-9-21)17(23)4-1-7-20-18(24)15-3-2-12-25-15/h2-3,5-6,12H,1,4,7-11,13H2,(H,20,24). The molecule has 0 saturated carbocycles. The molecule has 26 heavy (non-hydrogen) atoms. The lowest BCUT2D eigenvalue weighted by atomic mass is 10.2. The normalized spacial score (nSPS) is 15.2. The number of hydrogen-bond donors (Lipinski definition) is 1. The minimum Gasteiger partial charge on any atom is -0.351 e. The van der Waals surface area contributed by atoms with Gasteiger partial charge < -0.3 is 10.2 Å². The molecule has 2 aromatic rings. The summed E-state index contributed by atoms with van der Waals surface area (Å²) in [6.45, 7) is 4.72. The number of thiophene rings is 2. The van der Waals surface area contributed by atoms with Crippen LogP contribution in [0.1, 0.15) is 27.4 Å². The van der Waals surface area contributed by atoms with Gasteiger partial charge in [-0.3, -0.25) is 14.5 Å². The lowest BCUT2D eigenvalue weighted by molar-refractivity contribution is -0.133. The van der Waals surface area contributed by atoms with Crippen LogP contribution in [0.2, 0.25) is 4.34 Å². The monoisotopic (exact) mass is 411 g/mol. The van der Waals surface area contributed by atoms with Crippen molar-refractivity contribution in [1.29, 1.82) is 0 Å². The van der Waals surface area contributed by atoms with Gasteiger partial charge in [0.15, 0.2) is 0 Å². The third-order valence-corrected chi connectivity index (χ3v) is 6.42. The molecule has 1 aliphatic rings. The van der Waals surface area contributed by atoms with Crippen molar-refractivity contribution in [2.75, 3.05) is 32.7 Å². The summed E-state index contributed by atoms with van der Waals surface area (Å²) >= 11 is 9.01. The van der Waals surface area contributed by atoms with Crippen molar-refractivity contribution in [2.24, 2.45) is 0 Å². The third-order valence-electron chi connectivity index (χ3n) is 4.33. The average Bonchev–Trinajstić information content (AvgIpc) is 3.31. The van der Waals surface area contributed by atoms with Crippen molar-refractivity contribution in [1.82, 2.24) is 15.1 Å². The molecule has 0 atom stereocenters. The van der Waals surface area contributed by atoms with E-state index in [4.69, 9.17) is 11.6 Å². The largest absolute Gasteiger partial charge is 0.351 e. The summed E-state index contributed by atoms with van der Waals surface area (Å²) in [4.78, 5) is 30.4. The number of rotatable bonds is 7. The van der Waals surface area contributed by atoms with Crippen molar-refractivity contribution in [3.8, 4) is 0 Å².